The van der Waals surface area contributed by atoms with E-state index in [2.05, 4.69) is 20.6 Å². The Bertz CT molecular complexity index is 854. The molecule has 0 spiro atoms. The minimum Gasteiger partial charge on any atom is -0.465 e. The second-order valence-electron chi connectivity index (χ2n) is 6.05. The Morgan fingerprint density at radius 2 is 1.96 bits per heavy atom. The molecule has 2 rings (SSSR count). The normalized spacial score (nSPS) is 12.2. The average Bonchev–Trinajstić information content (AvgIpc) is 2.59. The molecule has 0 radical (unpaired) electrons. The molecule has 0 saturated carbocycles. The number of rotatable bonds is 6. The summed E-state index contributed by atoms with van der Waals surface area (Å²) < 4.78 is 42.2. The molecule has 2 heterocycles. The monoisotopic (exact) mass is 396 g/mol. The van der Waals surface area contributed by atoms with E-state index < -0.39 is 18.2 Å². The van der Waals surface area contributed by atoms with E-state index in [4.69, 9.17) is 4.74 Å². The number of carbonyl (C=O) groups is 2. The first kappa shape index (κ1) is 21.1. The molecular weight excluding hydrogens is 377 g/mol. The van der Waals surface area contributed by atoms with Crippen molar-refractivity contribution in [2.75, 3.05) is 5.32 Å². The van der Waals surface area contributed by atoms with Crippen molar-refractivity contribution < 1.29 is 27.5 Å². The number of nitrogens with zero attached hydrogens (tertiary/aromatic N) is 2. The molecular formula is C18H19F3N4O3. The Balaban J connectivity index is 1.97. The number of anilines is 1. The lowest BCUT2D eigenvalue weighted by atomic mass is 10.2. The molecule has 0 bridgehead atoms. The SMILES string of the molecule is CC(=O)Nc1cc(C(=O)NCc2ccc(O[C@H](C)C(F)(F)F)nc2)cc(C)n1. The zero-order chi connectivity index (χ0) is 20.9. The number of alkyl halides is 3. The van der Waals surface area contributed by atoms with E-state index >= 15 is 0 Å². The van der Waals surface area contributed by atoms with Crippen molar-refractivity contribution in [2.24, 2.45) is 0 Å². The highest BCUT2D eigenvalue weighted by Crippen LogP contribution is 2.23. The molecule has 2 aromatic heterocycles. The van der Waals surface area contributed by atoms with Crippen LogP contribution in [0, 0.1) is 6.92 Å². The molecule has 0 saturated heterocycles. The van der Waals surface area contributed by atoms with Gasteiger partial charge in [-0.15, -0.1) is 0 Å². The fourth-order valence-electron chi connectivity index (χ4n) is 2.16. The third-order valence-electron chi connectivity index (χ3n) is 3.53. The largest absolute Gasteiger partial charge is 0.465 e. The fraction of sp³-hybridized carbons (Fsp3) is 0.333. The van der Waals surface area contributed by atoms with Crippen molar-refractivity contribution in [3.8, 4) is 5.88 Å². The summed E-state index contributed by atoms with van der Waals surface area (Å²) in [5.41, 5.74) is 1.44. The van der Waals surface area contributed by atoms with Crippen molar-refractivity contribution >= 4 is 17.6 Å². The zero-order valence-electron chi connectivity index (χ0n) is 15.4. The van der Waals surface area contributed by atoms with Crippen LogP contribution in [0.1, 0.15) is 35.5 Å². The molecule has 0 aromatic carbocycles. The predicted octanol–water partition coefficient (Wildman–Crippen LogP) is 3.00. The van der Waals surface area contributed by atoms with Crippen molar-refractivity contribution in [1.82, 2.24) is 15.3 Å². The number of pyridine rings is 2. The summed E-state index contributed by atoms with van der Waals surface area (Å²) in [6, 6.07) is 5.81. The first-order valence-electron chi connectivity index (χ1n) is 8.27. The van der Waals surface area contributed by atoms with Crippen molar-refractivity contribution in [3.05, 3.63) is 47.3 Å². The third-order valence-corrected chi connectivity index (χ3v) is 3.53. The number of carbonyl (C=O) groups excluding carboxylic acids is 2. The van der Waals surface area contributed by atoms with Crippen molar-refractivity contribution in [2.45, 2.75) is 39.6 Å². The van der Waals surface area contributed by atoms with Crippen LogP contribution in [-0.4, -0.2) is 34.1 Å². The summed E-state index contributed by atoms with van der Waals surface area (Å²) >= 11 is 0. The van der Waals surface area contributed by atoms with Crippen LogP contribution in [0.3, 0.4) is 0 Å². The number of ether oxygens (including phenoxy) is 1. The molecule has 28 heavy (non-hydrogen) atoms. The number of halogens is 3. The summed E-state index contributed by atoms with van der Waals surface area (Å²) in [7, 11) is 0. The Labute approximate surface area is 159 Å². The van der Waals surface area contributed by atoms with Gasteiger partial charge in [0.2, 0.25) is 11.8 Å². The van der Waals surface area contributed by atoms with Crippen LogP contribution in [0.15, 0.2) is 30.5 Å². The molecule has 10 heteroatoms. The van der Waals surface area contributed by atoms with Crippen LogP contribution >= 0.6 is 0 Å². The molecule has 0 aliphatic rings. The van der Waals surface area contributed by atoms with Crippen molar-refractivity contribution in [3.63, 3.8) is 0 Å². The molecule has 2 N–H and O–H groups in total. The maximum absolute atomic E-state index is 12.5. The van der Waals surface area contributed by atoms with E-state index in [1.54, 1.807) is 13.0 Å². The number of hydrogen-bond donors (Lipinski definition) is 2. The predicted molar refractivity (Wildman–Crippen MR) is 94.8 cm³/mol. The van der Waals surface area contributed by atoms with E-state index in [0.29, 0.717) is 16.8 Å². The molecule has 7 nitrogen and oxygen atoms in total. The van der Waals surface area contributed by atoms with E-state index in [9.17, 15) is 22.8 Å². The maximum Gasteiger partial charge on any atom is 0.425 e. The van der Waals surface area contributed by atoms with E-state index in [1.165, 1.54) is 31.3 Å². The molecule has 0 aliphatic carbocycles. The highest BCUT2D eigenvalue weighted by atomic mass is 19.4. The Hall–Kier alpha value is -3.17. The van der Waals surface area contributed by atoms with Gasteiger partial charge in [-0.3, -0.25) is 9.59 Å². The molecule has 150 valence electrons. The Morgan fingerprint density at radius 1 is 1.25 bits per heavy atom. The lowest BCUT2D eigenvalue weighted by Gasteiger charge is -2.16. The van der Waals surface area contributed by atoms with Gasteiger partial charge in [0.1, 0.15) is 5.82 Å². The molecule has 2 aromatic rings. The molecule has 0 fully saturated rings. The van der Waals surface area contributed by atoms with Gasteiger partial charge in [-0.05, 0) is 31.5 Å². The topological polar surface area (TPSA) is 93.2 Å². The van der Waals surface area contributed by atoms with Gasteiger partial charge in [-0.25, -0.2) is 9.97 Å². The highest BCUT2D eigenvalue weighted by Gasteiger charge is 2.38. The number of hydrogen-bond acceptors (Lipinski definition) is 5. The first-order valence-corrected chi connectivity index (χ1v) is 8.27. The summed E-state index contributed by atoms with van der Waals surface area (Å²) in [6.45, 7) is 4.02. The van der Waals surface area contributed by atoms with Crippen LogP contribution < -0.4 is 15.4 Å². The van der Waals surface area contributed by atoms with Gasteiger partial charge >= 0.3 is 6.18 Å². The van der Waals surface area contributed by atoms with Crippen LogP contribution in [0.5, 0.6) is 5.88 Å². The number of aromatic nitrogens is 2. The van der Waals surface area contributed by atoms with Gasteiger partial charge in [0.05, 0.1) is 0 Å². The molecule has 0 aliphatic heterocycles. The molecule has 1 atom stereocenters. The standard InChI is InChI=1S/C18H19F3N4O3/c1-10-6-14(7-15(24-10)25-12(3)26)17(27)23-9-13-4-5-16(22-8-13)28-11(2)18(19,20)21/h4-8,11H,9H2,1-3H3,(H,23,27)(H,24,25,26)/t11-/m1/s1. The number of amides is 2. The van der Waals surface area contributed by atoms with Gasteiger partial charge in [0.15, 0.2) is 6.10 Å². The highest BCUT2D eigenvalue weighted by molar-refractivity contribution is 5.96. The first-order chi connectivity index (χ1) is 13.0. The zero-order valence-corrected chi connectivity index (χ0v) is 15.4. The van der Waals surface area contributed by atoms with Gasteiger partial charge in [-0.1, -0.05) is 6.07 Å². The summed E-state index contributed by atoms with van der Waals surface area (Å²) in [6.07, 6.45) is -5.13. The van der Waals surface area contributed by atoms with Crippen LogP contribution in [0.25, 0.3) is 0 Å². The van der Waals surface area contributed by atoms with E-state index in [0.717, 1.165) is 6.92 Å². The summed E-state index contributed by atoms with van der Waals surface area (Å²) in [5.74, 6) is -0.606. The summed E-state index contributed by atoms with van der Waals surface area (Å²) in [5, 5.41) is 5.18. The Kier molecular flexibility index (Phi) is 6.55. The summed E-state index contributed by atoms with van der Waals surface area (Å²) in [4.78, 5) is 31.4. The molecule has 0 unspecified atom stereocenters. The number of aryl methyl sites for hydroxylation is 1. The smallest absolute Gasteiger partial charge is 0.425 e. The molecule has 2 amide bonds. The third kappa shape index (κ3) is 6.22. The second kappa shape index (κ2) is 8.68. The van der Waals surface area contributed by atoms with Gasteiger partial charge < -0.3 is 15.4 Å². The average molecular weight is 396 g/mol. The van der Waals surface area contributed by atoms with Gasteiger partial charge in [0, 0.05) is 37.0 Å². The quantitative estimate of drug-likeness (QED) is 0.783. The van der Waals surface area contributed by atoms with Gasteiger partial charge in [0.25, 0.3) is 5.91 Å². The van der Waals surface area contributed by atoms with E-state index in [-0.39, 0.29) is 24.1 Å². The lowest BCUT2D eigenvalue weighted by Crippen LogP contribution is -2.31. The minimum absolute atomic E-state index is 0.109. The number of nitrogens with one attached hydrogen (secondary N) is 2. The van der Waals surface area contributed by atoms with Crippen molar-refractivity contribution in [1.29, 1.82) is 0 Å². The van der Waals surface area contributed by atoms with Crippen LogP contribution in [0.4, 0.5) is 19.0 Å². The van der Waals surface area contributed by atoms with Crippen LogP contribution in [0.2, 0.25) is 0 Å². The fourth-order valence-corrected chi connectivity index (χ4v) is 2.16. The van der Waals surface area contributed by atoms with Crippen LogP contribution in [-0.2, 0) is 11.3 Å². The lowest BCUT2D eigenvalue weighted by molar-refractivity contribution is -0.189. The minimum atomic E-state index is -4.48. The second-order valence-corrected chi connectivity index (χ2v) is 6.05. The van der Waals surface area contributed by atoms with E-state index in [1.807, 2.05) is 0 Å². The van der Waals surface area contributed by atoms with Gasteiger partial charge in [-0.2, -0.15) is 13.2 Å². The maximum atomic E-state index is 12.5. The Morgan fingerprint density at radius 3 is 2.54 bits per heavy atom.